The minimum absolute atomic E-state index is 1.27. The van der Waals surface area contributed by atoms with Crippen LogP contribution in [0.15, 0.2) is 32.4 Å². The van der Waals surface area contributed by atoms with Crippen LogP contribution in [0.2, 0.25) is 0 Å². The molecule has 56 valence electrons. The Kier molecular flexibility index (Phi) is 1.92. The topological polar surface area (TPSA) is 12.4 Å². The molecule has 0 fully saturated rings. The molecular formula is C8H7NS2. The van der Waals surface area contributed by atoms with Crippen LogP contribution in [-0.4, -0.2) is 5.55 Å². The zero-order chi connectivity index (χ0) is 7.68. The molecule has 1 aliphatic rings. The molecule has 3 heteroatoms. The van der Waals surface area contributed by atoms with Crippen molar-refractivity contribution in [3.8, 4) is 0 Å². The Morgan fingerprint density at radius 3 is 3.09 bits per heavy atom. The van der Waals surface area contributed by atoms with Crippen LogP contribution in [0.1, 0.15) is 5.56 Å². The molecule has 0 saturated carbocycles. The fourth-order valence-corrected chi connectivity index (χ4v) is 2.48. The van der Waals surface area contributed by atoms with Gasteiger partial charge in [-0.1, -0.05) is 17.8 Å². The van der Waals surface area contributed by atoms with Gasteiger partial charge < -0.3 is 0 Å². The van der Waals surface area contributed by atoms with Gasteiger partial charge in [0.25, 0.3) is 0 Å². The zero-order valence-electron chi connectivity index (χ0n) is 6.07. The summed E-state index contributed by atoms with van der Waals surface area (Å²) < 4.78 is 4.10. The fourth-order valence-electron chi connectivity index (χ4n) is 0.939. The van der Waals surface area contributed by atoms with Crippen LogP contribution >= 0.6 is 23.7 Å². The molecule has 1 aromatic carbocycles. The Morgan fingerprint density at radius 1 is 1.27 bits per heavy atom. The summed E-state index contributed by atoms with van der Waals surface area (Å²) in [5.74, 6) is 0. The maximum atomic E-state index is 4.10. The average molecular weight is 181 g/mol. The second kappa shape index (κ2) is 2.91. The molecule has 0 amide bonds. The summed E-state index contributed by atoms with van der Waals surface area (Å²) in [4.78, 5) is 2.59. The molecule has 0 atom stereocenters. The lowest BCUT2D eigenvalue weighted by molar-refractivity contribution is 1.21. The molecule has 0 saturated heterocycles. The average Bonchev–Trinajstić information content (AvgIpc) is 2.04. The lowest BCUT2D eigenvalue weighted by atomic mass is 10.2. The number of fused-ring (bicyclic) bond motifs is 1. The number of nitrogens with zero attached hydrogens (tertiary/aromatic N) is 1. The van der Waals surface area contributed by atoms with E-state index < -0.39 is 0 Å². The molecule has 1 nitrogen and oxygen atoms in total. The van der Waals surface area contributed by atoms with Crippen molar-refractivity contribution < 1.29 is 0 Å². The molecule has 0 aliphatic carbocycles. The van der Waals surface area contributed by atoms with Gasteiger partial charge in [0, 0.05) is 21.7 Å². The molecule has 0 N–H and O–H groups in total. The Balaban J connectivity index is 2.48. The standard InChI is InChI=1S/C8H7NS2/c1-6-2-3-7-8(4-6)10-5-9-11-7/h2-5H,1H3. The second-order valence-electron chi connectivity index (χ2n) is 2.37. The van der Waals surface area contributed by atoms with E-state index in [1.807, 2.05) is 5.55 Å². The number of thioether (sulfide) groups is 1. The number of hydrogen-bond acceptors (Lipinski definition) is 3. The molecule has 1 aromatic rings. The van der Waals surface area contributed by atoms with Gasteiger partial charge in [-0.05, 0) is 24.6 Å². The van der Waals surface area contributed by atoms with Gasteiger partial charge in [0.05, 0.1) is 5.55 Å². The van der Waals surface area contributed by atoms with Gasteiger partial charge in [-0.15, -0.1) is 0 Å². The maximum absolute atomic E-state index is 4.10. The number of hydrogen-bond donors (Lipinski definition) is 0. The van der Waals surface area contributed by atoms with Crippen LogP contribution in [0.25, 0.3) is 0 Å². The SMILES string of the molecule is Cc1ccc2c(c1)SC=NS2. The minimum Gasteiger partial charge on any atom is -0.212 e. The highest BCUT2D eigenvalue weighted by molar-refractivity contribution is 8.14. The summed E-state index contributed by atoms with van der Waals surface area (Å²) >= 11 is 3.24. The van der Waals surface area contributed by atoms with Crippen molar-refractivity contribution in [2.45, 2.75) is 16.7 Å². The third-order valence-electron chi connectivity index (χ3n) is 1.47. The predicted molar refractivity (Wildman–Crippen MR) is 51.4 cm³/mol. The Bertz CT molecular complexity index is 307. The molecule has 0 radical (unpaired) electrons. The first-order valence-corrected chi connectivity index (χ1v) is 4.98. The van der Waals surface area contributed by atoms with Gasteiger partial charge in [0.15, 0.2) is 0 Å². The van der Waals surface area contributed by atoms with Gasteiger partial charge in [-0.3, -0.25) is 0 Å². The molecule has 0 unspecified atom stereocenters. The first-order valence-electron chi connectivity index (χ1n) is 3.32. The Morgan fingerprint density at radius 2 is 2.18 bits per heavy atom. The third kappa shape index (κ3) is 1.44. The summed E-state index contributed by atoms with van der Waals surface area (Å²) in [7, 11) is 0. The van der Waals surface area contributed by atoms with E-state index in [1.165, 1.54) is 15.4 Å². The van der Waals surface area contributed by atoms with Gasteiger partial charge in [-0.25, -0.2) is 4.40 Å². The molecule has 11 heavy (non-hydrogen) atoms. The number of benzene rings is 1. The van der Waals surface area contributed by atoms with E-state index in [9.17, 15) is 0 Å². The highest BCUT2D eigenvalue weighted by atomic mass is 32.2. The Hall–Kier alpha value is -0.410. The monoisotopic (exact) mass is 181 g/mol. The predicted octanol–water partition coefficient (Wildman–Crippen LogP) is 3.14. The molecule has 0 aromatic heterocycles. The van der Waals surface area contributed by atoms with Gasteiger partial charge in [0.2, 0.25) is 0 Å². The highest BCUT2D eigenvalue weighted by Crippen LogP contribution is 2.35. The van der Waals surface area contributed by atoms with E-state index >= 15 is 0 Å². The first kappa shape index (κ1) is 7.25. The quantitative estimate of drug-likeness (QED) is 0.570. The summed E-state index contributed by atoms with van der Waals surface area (Å²) in [6.07, 6.45) is 0. The van der Waals surface area contributed by atoms with Crippen molar-refractivity contribution in [2.24, 2.45) is 4.40 Å². The number of aryl methyl sites for hydroxylation is 1. The molecule has 0 spiro atoms. The molecule has 1 aliphatic heterocycles. The summed E-state index contributed by atoms with van der Waals surface area (Å²) in [6, 6.07) is 6.43. The van der Waals surface area contributed by atoms with Crippen molar-refractivity contribution in [2.75, 3.05) is 0 Å². The van der Waals surface area contributed by atoms with Crippen molar-refractivity contribution in [3.05, 3.63) is 23.8 Å². The summed E-state index contributed by atoms with van der Waals surface area (Å²) in [6.45, 7) is 2.11. The largest absolute Gasteiger partial charge is 0.212 e. The fraction of sp³-hybridized carbons (Fsp3) is 0.125. The van der Waals surface area contributed by atoms with Crippen LogP contribution in [-0.2, 0) is 0 Å². The number of rotatable bonds is 0. The molecule has 0 bridgehead atoms. The summed E-state index contributed by atoms with van der Waals surface area (Å²) in [5.41, 5.74) is 3.19. The summed E-state index contributed by atoms with van der Waals surface area (Å²) in [5, 5.41) is 0. The first-order chi connectivity index (χ1) is 5.36. The highest BCUT2D eigenvalue weighted by Gasteiger charge is 2.05. The third-order valence-corrected chi connectivity index (χ3v) is 3.30. The van der Waals surface area contributed by atoms with Crippen molar-refractivity contribution in [3.63, 3.8) is 0 Å². The van der Waals surface area contributed by atoms with E-state index in [1.54, 1.807) is 23.7 Å². The van der Waals surface area contributed by atoms with Crippen LogP contribution in [0.5, 0.6) is 0 Å². The van der Waals surface area contributed by atoms with Gasteiger partial charge in [-0.2, -0.15) is 0 Å². The van der Waals surface area contributed by atoms with E-state index in [0.717, 1.165) is 0 Å². The van der Waals surface area contributed by atoms with E-state index in [-0.39, 0.29) is 0 Å². The maximum Gasteiger partial charge on any atom is 0.0732 e. The van der Waals surface area contributed by atoms with Crippen LogP contribution in [0, 0.1) is 6.92 Å². The van der Waals surface area contributed by atoms with Crippen LogP contribution < -0.4 is 0 Å². The zero-order valence-corrected chi connectivity index (χ0v) is 7.71. The minimum atomic E-state index is 1.27. The lowest BCUT2D eigenvalue weighted by Crippen LogP contribution is -1.83. The van der Waals surface area contributed by atoms with Crippen molar-refractivity contribution >= 4 is 29.3 Å². The molecule has 1 heterocycles. The van der Waals surface area contributed by atoms with Gasteiger partial charge >= 0.3 is 0 Å². The second-order valence-corrected chi connectivity index (χ2v) is 4.09. The Labute approximate surface area is 74.4 Å². The molecular weight excluding hydrogens is 174 g/mol. The smallest absolute Gasteiger partial charge is 0.0732 e. The van der Waals surface area contributed by atoms with Crippen LogP contribution in [0.3, 0.4) is 0 Å². The van der Waals surface area contributed by atoms with E-state index in [2.05, 4.69) is 29.5 Å². The van der Waals surface area contributed by atoms with Crippen molar-refractivity contribution in [1.29, 1.82) is 0 Å². The molecule has 2 rings (SSSR count). The van der Waals surface area contributed by atoms with E-state index in [4.69, 9.17) is 0 Å². The van der Waals surface area contributed by atoms with Crippen molar-refractivity contribution in [1.82, 2.24) is 0 Å². The van der Waals surface area contributed by atoms with Crippen LogP contribution in [0.4, 0.5) is 0 Å². The normalized spacial score (nSPS) is 14.6. The van der Waals surface area contributed by atoms with E-state index in [0.29, 0.717) is 0 Å². The van der Waals surface area contributed by atoms with Gasteiger partial charge in [0.1, 0.15) is 0 Å². The lowest BCUT2D eigenvalue weighted by Gasteiger charge is -2.07.